The first kappa shape index (κ1) is 32.7. The summed E-state index contributed by atoms with van der Waals surface area (Å²) in [5.41, 5.74) is 0.116. The summed E-state index contributed by atoms with van der Waals surface area (Å²) in [4.78, 5) is 50.5. The Morgan fingerprint density at radius 2 is 1.88 bits per heavy atom. The first-order valence-electron chi connectivity index (χ1n) is 15.7. The van der Waals surface area contributed by atoms with E-state index in [0.29, 0.717) is 48.2 Å². The number of benzene rings is 2. The first-order chi connectivity index (χ1) is 23.0. The second kappa shape index (κ2) is 13.1. The predicted octanol–water partition coefficient (Wildman–Crippen LogP) is 3.99. The summed E-state index contributed by atoms with van der Waals surface area (Å²) < 4.78 is 29.4. The molecule has 6 rings (SSSR count). The number of halogens is 1. The molecule has 0 spiro atoms. The number of aliphatic hydroxyl groups excluding tert-OH is 1. The molecule has 1 saturated carbocycles. The van der Waals surface area contributed by atoms with E-state index in [1.807, 2.05) is 11.8 Å². The predicted molar refractivity (Wildman–Crippen MR) is 176 cm³/mol. The van der Waals surface area contributed by atoms with Gasteiger partial charge in [0, 0.05) is 58.0 Å². The maximum atomic E-state index is 15.9. The summed E-state index contributed by atoms with van der Waals surface area (Å²) in [6.45, 7) is 4.90. The number of rotatable bonds is 10. The number of methoxy groups -OCH3 is 1. The van der Waals surface area contributed by atoms with E-state index in [0.717, 1.165) is 18.9 Å². The molecule has 48 heavy (non-hydrogen) atoms. The zero-order chi connectivity index (χ0) is 34.3. The van der Waals surface area contributed by atoms with Crippen LogP contribution in [0.2, 0.25) is 0 Å². The number of amides is 1. The van der Waals surface area contributed by atoms with Crippen LogP contribution in [-0.2, 0) is 4.79 Å². The standard InChI is InChI=1S/C34H37FN6O7/c1-19-15-39(31-26(35)13-24-30(33(31)47-4)41(22-7-8-22)16-25(32(24)44)34(45)46)11-12-40(19)28-14-29(37-18-36-28)48-23-9-5-21(6-10-23)27(43)17-38(3)20(2)42/h5-6,9-10,13-14,16,18-19,22,27,43H,7-8,11-12,15,17H2,1-4H3,(H,45,46)/t19?,27-/m0/s1. The van der Waals surface area contributed by atoms with E-state index in [1.165, 1.54) is 31.5 Å². The van der Waals surface area contributed by atoms with E-state index in [2.05, 4.69) is 14.9 Å². The number of aromatic nitrogens is 3. The van der Waals surface area contributed by atoms with Crippen molar-refractivity contribution in [3.8, 4) is 17.4 Å². The summed E-state index contributed by atoms with van der Waals surface area (Å²) in [6, 6.07) is 9.62. The second-order valence-corrected chi connectivity index (χ2v) is 12.2. The van der Waals surface area contributed by atoms with Gasteiger partial charge in [0.25, 0.3) is 0 Å². The van der Waals surface area contributed by atoms with Gasteiger partial charge in [0.1, 0.15) is 29.1 Å². The van der Waals surface area contributed by atoms with Crippen LogP contribution in [0.15, 0.2) is 53.7 Å². The molecule has 252 valence electrons. The van der Waals surface area contributed by atoms with Crippen molar-refractivity contribution in [2.75, 3.05) is 50.1 Å². The van der Waals surface area contributed by atoms with Gasteiger partial charge in [0.05, 0.1) is 30.7 Å². The third kappa shape index (κ3) is 6.35. The molecule has 1 aliphatic heterocycles. The Kier molecular flexibility index (Phi) is 8.93. The quantitative estimate of drug-likeness (QED) is 0.254. The Morgan fingerprint density at radius 1 is 1.15 bits per heavy atom. The van der Waals surface area contributed by atoms with Gasteiger partial charge >= 0.3 is 5.97 Å². The second-order valence-electron chi connectivity index (χ2n) is 12.2. The fourth-order valence-electron chi connectivity index (χ4n) is 6.14. The molecule has 2 N–H and O–H groups in total. The number of aromatic carboxylic acids is 1. The molecule has 2 aromatic heterocycles. The molecule has 1 aliphatic carbocycles. The van der Waals surface area contributed by atoms with Crippen LogP contribution in [0.25, 0.3) is 10.9 Å². The lowest BCUT2D eigenvalue weighted by atomic mass is 10.1. The normalized spacial score (nSPS) is 16.9. The monoisotopic (exact) mass is 660 g/mol. The van der Waals surface area contributed by atoms with E-state index in [4.69, 9.17) is 9.47 Å². The highest BCUT2D eigenvalue weighted by Crippen LogP contribution is 2.44. The minimum absolute atomic E-state index is 0.00709. The Labute approximate surface area is 275 Å². The first-order valence-corrected chi connectivity index (χ1v) is 15.7. The number of aliphatic hydroxyl groups is 1. The topological polar surface area (TPSA) is 151 Å². The van der Waals surface area contributed by atoms with E-state index in [1.54, 1.807) is 41.9 Å². The molecule has 13 nitrogen and oxygen atoms in total. The molecular weight excluding hydrogens is 623 g/mol. The summed E-state index contributed by atoms with van der Waals surface area (Å²) >= 11 is 0. The summed E-state index contributed by atoms with van der Waals surface area (Å²) in [7, 11) is 3.05. The van der Waals surface area contributed by atoms with Gasteiger partial charge in [-0.2, -0.15) is 0 Å². The van der Waals surface area contributed by atoms with Gasteiger partial charge in [0.2, 0.25) is 17.2 Å². The highest BCUT2D eigenvalue weighted by atomic mass is 19.1. The molecule has 0 bridgehead atoms. The smallest absolute Gasteiger partial charge is 0.341 e. The maximum absolute atomic E-state index is 15.9. The summed E-state index contributed by atoms with van der Waals surface area (Å²) in [5, 5.41) is 20.1. The summed E-state index contributed by atoms with van der Waals surface area (Å²) in [6.07, 6.45) is 3.56. The number of carboxylic acid groups (broad SMARTS) is 1. The third-order valence-corrected chi connectivity index (χ3v) is 8.91. The molecule has 4 aromatic rings. The van der Waals surface area contributed by atoms with Crippen LogP contribution in [0.3, 0.4) is 0 Å². The Hall–Kier alpha value is -5.24. The number of fused-ring (bicyclic) bond motifs is 1. The largest absolute Gasteiger partial charge is 0.492 e. The molecule has 2 fully saturated rings. The van der Waals surface area contributed by atoms with Crippen molar-refractivity contribution < 1.29 is 33.7 Å². The lowest BCUT2D eigenvalue weighted by molar-refractivity contribution is -0.128. The Bertz CT molecular complexity index is 1930. The van der Waals surface area contributed by atoms with Gasteiger partial charge in [-0.15, -0.1) is 0 Å². The molecule has 2 aromatic carbocycles. The number of piperazine rings is 1. The van der Waals surface area contributed by atoms with Crippen molar-refractivity contribution >= 4 is 34.3 Å². The SMILES string of the molecule is COc1c(N2CCN(c3cc(Oc4ccc([C@@H](O)CN(C)C(C)=O)cc4)ncn3)C(C)C2)c(F)cc2c(=O)c(C(=O)O)cn(C3CC3)c12. The van der Waals surface area contributed by atoms with Gasteiger partial charge in [-0.25, -0.2) is 19.2 Å². The van der Waals surface area contributed by atoms with Crippen molar-refractivity contribution in [3.63, 3.8) is 0 Å². The highest BCUT2D eigenvalue weighted by Gasteiger charge is 2.33. The molecular formula is C34H37FN6O7. The third-order valence-electron chi connectivity index (χ3n) is 8.91. The average molecular weight is 661 g/mol. The van der Waals surface area contributed by atoms with E-state index >= 15 is 4.39 Å². The van der Waals surface area contributed by atoms with Crippen LogP contribution in [0.5, 0.6) is 17.4 Å². The minimum atomic E-state index is -1.36. The molecule has 3 heterocycles. The number of likely N-dealkylation sites (N-methyl/N-ethyl adjacent to an activating group) is 1. The number of carbonyl (C=O) groups excluding carboxylic acids is 1. The Morgan fingerprint density at radius 3 is 2.50 bits per heavy atom. The van der Waals surface area contributed by atoms with Crippen LogP contribution in [0.1, 0.15) is 54.8 Å². The number of carbonyl (C=O) groups is 2. The van der Waals surface area contributed by atoms with Crippen molar-refractivity contribution in [3.05, 3.63) is 76.1 Å². The zero-order valence-electron chi connectivity index (χ0n) is 27.1. The molecule has 14 heteroatoms. The van der Waals surface area contributed by atoms with Crippen LogP contribution >= 0.6 is 0 Å². The van der Waals surface area contributed by atoms with Crippen LogP contribution in [-0.4, -0.2) is 87.9 Å². The molecule has 1 unspecified atom stereocenters. The van der Waals surface area contributed by atoms with Crippen LogP contribution < -0.4 is 24.7 Å². The summed E-state index contributed by atoms with van der Waals surface area (Å²) in [5.74, 6) is -0.499. The molecule has 2 aliphatic rings. The van der Waals surface area contributed by atoms with Crippen LogP contribution in [0, 0.1) is 5.82 Å². The number of hydrogen-bond acceptors (Lipinski definition) is 10. The van der Waals surface area contributed by atoms with Crippen molar-refractivity contribution in [2.45, 2.75) is 44.9 Å². The van der Waals surface area contributed by atoms with Crippen molar-refractivity contribution in [1.82, 2.24) is 19.4 Å². The van der Waals surface area contributed by atoms with Crippen LogP contribution in [0.4, 0.5) is 15.9 Å². The van der Waals surface area contributed by atoms with E-state index < -0.39 is 28.9 Å². The maximum Gasteiger partial charge on any atom is 0.341 e. The number of hydrogen-bond donors (Lipinski definition) is 2. The number of ether oxygens (including phenoxy) is 2. The van der Waals surface area contributed by atoms with Gasteiger partial charge in [-0.1, -0.05) is 12.1 Å². The highest BCUT2D eigenvalue weighted by molar-refractivity contribution is 5.97. The number of anilines is 2. The number of carboxylic acids is 1. The lowest BCUT2D eigenvalue weighted by Gasteiger charge is -2.42. The molecule has 0 radical (unpaired) electrons. The molecule has 1 amide bonds. The Balaban J connectivity index is 1.21. The fraction of sp³-hybridized carbons (Fsp3) is 0.382. The van der Waals surface area contributed by atoms with E-state index in [-0.39, 0.29) is 41.4 Å². The number of pyridine rings is 1. The minimum Gasteiger partial charge on any atom is -0.492 e. The van der Waals surface area contributed by atoms with Crippen molar-refractivity contribution in [1.29, 1.82) is 0 Å². The lowest BCUT2D eigenvalue weighted by Crippen LogP contribution is -2.52. The van der Waals surface area contributed by atoms with Gasteiger partial charge in [-0.05, 0) is 43.5 Å². The zero-order valence-corrected chi connectivity index (χ0v) is 27.1. The van der Waals surface area contributed by atoms with E-state index in [9.17, 15) is 24.6 Å². The van der Waals surface area contributed by atoms with Gasteiger partial charge in [-0.3, -0.25) is 9.59 Å². The fourth-order valence-corrected chi connectivity index (χ4v) is 6.14. The molecule has 1 saturated heterocycles. The average Bonchev–Trinajstić information content (AvgIpc) is 3.90. The van der Waals surface area contributed by atoms with Gasteiger partial charge in [0.15, 0.2) is 11.6 Å². The number of nitrogens with zero attached hydrogens (tertiary/aromatic N) is 6. The molecule has 2 atom stereocenters. The van der Waals surface area contributed by atoms with Crippen molar-refractivity contribution in [2.24, 2.45) is 0 Å². The van der Waals surface area contributed by atoms with Gasteiger partial charge < -0.3 is 39.0 Å².